The molecule has 0 atom stereocenters. The maximum absolute atomic E-state index is 12.3. The standard InChI is InChI=1S/C18H25N5O/c1-22(2)18-20-15-9-5-4-8-14(15)17(21-18)19-11-10-16(24)23-12-6-3-7-13-23/h4-5,8-9H,3,6-7,10-13H2,1-2H3,(H,19,20,21). The molecule has 1 aromatic heterocycles. The van der Waals surface area contributed by atoms with Crippen molar-refractivity contribution in [2.45, 2.75) is 25.7 Å². The SMILES string of the molecule is CN(C)c1nc(NCCC(=O)N2CCCCC2)c2ccccc2n1. The first-order chi connectivity index (χ1) is 11.6. The van der Waals surface area contributed by atoms with Crippen LogP contribution in [0.15, 0.2) is 24.3 Å². The third-order valence-corrected chi connectivity index (χ3v) is 4.33. The zero-order chi connectivity index (χ0) is 16.9. The van der Waals surface area contributed by atoms with Crippen LogP contribution in [-0.4, -0.2) is 54.5 Å². The molecule has 3 rings (SSSR count). The Bertz CT molecular complexity index is 710. The molecule has 0 radical (unpaired) electrons. The number of benzene rings is 1. The molecule has 128 valence electrons. The van der Waals surface area contributed by atoms with Crippen molar-refractivity contribution in [3.8, 4) is 0 Å². The van der Waals surface area contributed by atoms with Gasteiger partial charge < -0.3 is 15.1 Å². The largest absolute Gasteiger partial charge is 0.369 e. The van der Waals surface area contributed by atoms with Gasteiger partial charge in [0.15, 0.2) is 0 Å². The van der Waals surface area contributed by atoms with Crippen LogP contribution in [0.3, 0.4) is 0 Å². The van der Waals surface area contributed by atoms with Gasteiger partial charge in [-0.1, -0.05) is 12.1 Å². The van der Waals surface area contributed by atoms with Crippen molar-refractivity contribution >= 4 is 28.6 Å². The van der Waals surface area contributed by atoms with Crippen molar-refractivity contribution in [1.29, 1.82) is 0 Å². The van der Waals surface area contributed by atoms with Gasteiger partial charge in [0.25, 0.3) is 0 Å². The number of hydrogen-bond donors (Lipinski definition) is 1. The number of nitrogens with zero attached hydrogens (tertiary/aromatic N) is 4. The number of amides is 1. The molecule has 1 saturated heterocycles. The summed E-state index contributed by atoms with van der Waals surface area (Å²) in [6, 6.07) is 7.93. The lowest BCUT2D eigenvalue weighted by molar-refractivity contribution is -0.131. The topological polar surface area (TPSA) is 61.4 Å². The average Bonchev–Trinajstić information content (AvgIpc) is 2.62. The molecule has 6 heteroatoms. The number of nitrogens with one attached hydrogen (secondary N) is 1. The van der Waals surface area contributed by atoms with Crippen LogP contribution in [-0.2, 0) is 4.79 Å². The fourth-order valence-electron chi connectivity index (χ4n) is 2.99. The smallest absolute Gasteiger partial charge is 0.227 e. The molecule has 2 aromatic rings. The van der Waals surface area contributed by atoms with E-state index >= 15 is 0 Å². The van der Waals surface area contributed by atoms with Gasteiger partial charge in [-0.15, -0.1) is 0 Å². The molecule has 0 spiro atoms. The van der Waals surface area contributed by atoms with Gasteiger partial charge in [-0.25, -0.2) is 4.98 Å². The number of hydrogen-bond acceptors (Lipinski definition) is 5. The van der Waals surface area contributed by atoms with E-state index in [4.69, 9.17) is 0 Å². The highest BCUT2D eigenvalue weighted by atomic mass is 16.2. The van der Waals surface area contributed by atoms with Gasteiger partial charge in [0.2, 0.25) is 11.9 Å². The number of likely N-dealkylation sites (tertiary alicyclic amines) is 1. The highest BCUT2D eigenvalue weighted by Gasteiger charge is 2.16. The number of rotatable bonds is 5. The third-order valence-electron chi connectivity index (χ3n) is 4.33. The van der Waals surface area contributed by atoms with E-state index in [1.807, 2.05) is 48.2 Å². The molecule has 0 aliphatic carbocycles. The zero-order valence-corrected chi connectivity index (χ0v) is 14.5. The van der Waals surface area contributed by atoms with Gasteiger partial charge in [0.05, 0.1) is 5.52 Å². The minimum Gasteiger partial charge on any atom is -0.369 e. The van der Waals surface area contributed by atoms with Crippen molar-refractivity contribution in [3.63, 3.8) is 0 Å². The maximum atomic E-state index is 12.3. The molecule has 0 bridgehead atoms. The predicted octanol–water partition coefficient (Wildman–Crippen LogP) is 2.51. The number of aromatic nitrogens is 2. The summed E-state index contributed by atoms with van der Waals surface area (Å²) in [5.74, 6) is 1.68. The lowest BCUT2D eigenvalue weighted by atomic mass is 10.1. The molecular formula is C18H25N5O. The van der Waals surface area contributed by atoms with Crippen LogP contribution in [0, 0.1) is 0 Å². The Balaban J connectivity index is 1.69. The molecule has 1 fully saturated rings. The molecule has 24 heavy (non-hydrogen) atoms. The summed E-state index contributed by atoms with van der Waals surface area (Å²) in [5.41, 5.74) is 0.904. The fraction of sp³-hybridized carbons (Fsp3) is 0.500. The van der Waals surface area contributed by atoms with Gasteiger partial charge in [-0.05, 0) is 31.4 Å². The lowest BCUT2D eigenvalue weighted by Gasteiger charge is -2.26. The van der Waals surface area contributed by atoms with Crippen LogP contribution in [0.2, 0.25) is 0 Å². The number of para-hydroxylation sites is 1. The summed E-state index contributed by atoms with van der Waals surface area (Å²) >= 11 is 0. The van der Waals surface area contributed by atoms with Crippen LogP contribution in [0.5, 0.6) is 0 Å². The van der Waals surface area contributed by atoms with Crippen LogP contribution < -0.4 is 10.2 Å². The molecule has 0 unspecified atom stereocenters. The Hall–Kier alpha value is -2.37. The Labute approximate surface area is 142 Å². The number of carbonyl (C=O) groups excluding carboxylic acids is 1. The van der Waals surface area contributed by atoms with Gasteiger partial charge in [-0.3, -0.25) is 4.79 Å². The monoisotopic (exact) mass is 327 g/mol. The van der Waals surface area contributed by atoms with E-state index in [-0.39, 0.29) is 5.91 Å². The minimum absolute atomic E-state index is 0.230. The van der Waals surface area contributed by atoms with Gasteiger partial charge >= 0.3 is 0 Å². The highest BCUT2D eigenvalue weighted by Crippen LogP contribution is 2.22. The normalized spacial score (nSPS) is 14.7. The van der Waals surface area contributed by atoms with Crippen molar-refractivity contribution in [2.24, 2.45) is 0 Å². The molecule has 2 heterocycles. The Morgan fingerprint density at radius 1 is 1.17 bits per heavy atom. The molecule has 6 nitrogen and oxygen atoms in total. The van der Waals surface area contributed by atoms with E-state index in [1.54, 1.807) is 0 Å². The highest BCUT2D eigenvalue weighted by molar-refractivity contribution is 5.90. The molecule has 1 aromatic carbocycles. The Morgan fingerprint density at radius 3 is 2.67 bits per heavy atom. The first kappa shape index (κ1) is 16.5. The summed E-state index contributed by atoms with van der Waals surface area (Å²) < 4.78 is 0. The van der Waals surface area contributed by atoms with E-state index < -0.39 is 0 Å². The van der Waals surface area contributed by atoms with Gasteiger partial charge in [0.1, 0.15) is 5.82 Å². The second-order valence-electron chi connectivity index (χ2n) is 6.40. The van der Waals surface area contributed by atoms with E-state index in [9.17, 15) is 4.79 Å². The predicted molar refractivity (Wildman–Crippen MR) is 97.4 cm³/mol. The van der Waals surface area contributed by atoms with Gasteiger partial charge in [0, 0.05) is 45.5 Å². The van der Waals surface area contributed by atoms with Crippen molar-refractivity contribution < 1.29 is 4.79 Å². The van der Waals surface area contributed by atoms with Crippen LogP contribution >= 0.6 is 0 Å². The molecular weight excluding hydrogens is 302 g/mol. The van der Waals surface area contributed by atoms with Crippen molar-refractivity contribution in [3.05, 3.63) is 24.3 Å². The molecule has 0 saturated carbocycles. The average molecular weight is 327 g/mol. The molecule has 1 aliphatic rings. The number of carbonyl (C=O) groups is 1. The summed E-state index contributed by atoms with van der Waals surface area (Å²) in [6.45, 7) is 2.39. The zero-order valence-electron chi connectivity index (χ0n) is 14.5. The first-order valence-corrected chi connectivity index (χ1v) is 8.61. The maximum Gasteiger partial charge on any atom is 0.227 e. The minimum atomic E-state index is 0.230. The molecule has 1 amide bonds. The number of fused-ring (bicyclic) bond motifs is 1. The lowest BCUT2D eigenvalue weighted by Crippen LogP contribution is -2.36. The van der Waals surface area contributed by atoms with Crippen LogP contribution in [0.1, 0.15) is 25.7 Å². The molecule has 1 aliphatic heterocycles. The van der Waals surface area contributed by atoms with E-state index in [0.717, 1.165) is 42.7 Å². The number of anilines is 2. The summed E-state index contributed by atoms with van der Waals surface area (Å²) in [7, 11) is 3.85. The van der Waals surface area contributed by atoms with Crippen molar-refractivity contribution in [1.82, 2.24) is 14.9 Å². The third kappa shape index (κ3) is 3.75. The van der Waals surface area contributed by atoms with Crippen LogP contribution in [0.25, 0.3) is 10.9 Å². The van der Waals surface area contributed by atoms with Crippen molar-refractivity contribution in [2.75, 3.05) is 43.9 Å². The summed E-state index contributed by atoms with van der Waals surface area (Å²) in [6.07, 6.45) is 3.99. The van der Waals surface area contributed by atoms with E-state index in [0.29, 0.717) is 18.9 Å². The fourth-order valence-corrected chi connectivity index (χ4v) is 2.99. The first-order valence-electron chi connectivity index (χ1n) is 8.61. The van der Waals surface area contributed by atoms with Gasteiger partial charge in [-0.2, -0.15) is 4.98 Å². The second kappa shape index (κ2) is 7.47. The van der Waals surface area contributed by atoms with Crippen LogP contribution in [0.4, 0.5) is 11.8 Å². The quantitative estimate of drug-likeness (QED) is 0.914. The molecule has 1 N–H and O–H groups in total. The Kier molecular flexibility index (Phi) is 5.13. The number of piperidine rings is 1. The van der Waals surface area contributed by atoms with E-state index in [1.165, 1.54) is 6.42 Å². The second-order valence-corrected chi connectivity index (χ2v) is 6.40. The summed E-state index contributed by atoms with van der Waals surface area (Å²) in [4.78, 5) is 25.3. The summed E-state index contributed by atoms with van der Waals surface area (Å²) in [5, 5.41) is 4.31. The Morgan fingerprint density at radius 2 is 1.92 bits per heavy atom. The van der Waals surface area contributed by atoms with E-state index in [2.05, 4.69) is 15.3 Å².